The Labute approximate surface area is 142 Å². The lowest BCUT2D eigenvalue weighted by Crippen LogP contribution is -2.10. The zero-order valence-electron chi connectivity index (χ0n) is 13.9. The molecule has 1 N–H and O–H groups in total. The molecular weight excluding hydrogens is 302 g/mol. The van der Waals surface area contributed by atoms with Crippen molar-refractivity contribution in [2.75, 3.05) is 11.9 Å². The van der Waals surface area contributed by atoms with Gasteiger partial charge in [0.1, 0.15) is 0 Å². The van der Waals surface area contributed by atoms with E-state index in [-0.39, 0.29) is 11.9 Å². The maximum atomic E-state index is 12.0. The van der Waals surface area contributed by atoms with Gasteiger partial charge in [0.25, 0.3) is 0 Å². The minimum atomic E-state index is -0.386. The van der Waals surface area contributed by atoms with Crippen molar-refractivity contribution in [2.45, 2.75) is 20.3 Å². The van der Waals surface area contributed by atoms with Crippen molar-refractivity contribution in [2.24, 2.45) is 0 Å². The minimum absolute atomic E-state index is 0.255. The Morgan fingerprint density at radius 1 is 1.12 bits per heavy atom. The molecule has 4 nitrogen and oxygen atoms in total. The van der Waals surface area contributed by atoms with Crippen molar-refractivity contribution in [1.29, 1.82) is 0 Å². The van der Waals surface area contributed by atoms with Crippen LogP contribution in [0.4, 0.5) is 5.69 Å². The molecule has 0 radical (unpaired) electrons. The lowest BCUT2D eigenvalue weighted by Gasteiger charge is -2.06. The van der Waals surface area contributed by atoms with Crippen LogP contribution in [0, 0.1) is 6.92 Å². The van der Waals surface area contributed by atoms with E-state index >= 15 is 0 Å². The number of esters is 1. The summed E-state index contributed by atoms with van der Waals surface area (Å²) in [6, 6.07) is 14.6. The quantitative estimate of drug-likeness (QED) is 0.640. The molecule has 124 valence electrons. The van der Waals surface area contributed by atoms with Crippen molar-refractivity contribution >= 4 is 23.6 Å². The molecule has 4 heteroatoms. The summed E-state index contributed by atoms with van der Waals surface area (Å²) in [5, 5.41) is 2.74. The number of aryl methyl sites for hydroxylation is 1. The van der Waals surface area contributed by atoms with Gasteiger partial charge in [0, 0.05) is 11.8 Å². The summed E-state index contributed by atoms with van der Waals surface area (Å²) in [7, 11) is 0. The highest BCUT2D eigenvalue weighted by molar-refractivity contribution is 6.02. The van der Waals surface area contributed by atoms with Crippen LogP contribution in [0.3, 0.4) is 0 Å². The van der Waals surface area contributed by atoms with Crippen LogP contribution in [-0.4, -0.2) is 18.5 Å². The van der Waals surface area contributed by atoms with Crippen molar-refractivity contribution in [1.82, 2.24) is 0 Å². The third kappa shape index (κ3) is 5.39. The Kier molecular flexibility index (Phi) is 6.32. The molecule has 0 heterocycles. The van der Waals surface area contributed by atoms with Crippen LogP contribution in [0.5, 0.6) is 0 Å². The Morgan fingerprint density at radius 3 is 2.58 bits per heavy atom. The first-order valence-corrected chi connectivity index (χ1v) is 7.91. The summed E-state index contributed by atoms with van der Waals surface area (Å²) in [6.07, 6.45) is 3.98. The highest BCUT2D eigenvalue weighted by Crippen LogP contribution is 2.12. The summed E-state index contributed by atoms with van der Waals surface area (Å²) >= 11 is 0. The third-order valence-corrected chi connectivity index (χ3v) is 3.31. The fraction of sp³-hybridized carbons (Fsp3) is 0.200. The predicted octanol–water partition coefficient (Wildman–Crippen LogP) is 4.21. The number of carbonyl (C=O) groups is 2. The molecule has 0 unspecified atom stereocenters. The van der Waals surface area contributed by atoms with Crippen LogP contribution in [0.2, 0.25) is 0 Å². The summed E-state index contributed by atoms with van der Waals surface area (Å²) in [5.74, 6) is -0.641. The number of rotatable bonds is 6. The van der Waals surface area contributed by atoms with Gasteiger partial charge in [-0.25, -0.2) is 4.79 Å². The first-order chi connectivity index (χ1) is 11.6. The average Bonchev–Trinajstić information content (AvgIpc) is 2.59. The number of nitrogens with one attached hydrogen (secondary N) is 1. The second-order valence-corrected chi connectivity index (χ2v) is 5.45. The molecule has 0 saturated carbocycles. The summed E-state index contributed by atoms with van der Waals surface area (Å²) < 4.78 is 5.09. The molecule has 0 spiro atoms. The van der Waals surface area contributed by atoms with E-state index in [0.29, 0.717) is 17.9 Å². The monoisotopic (exact) mass is 323 g/mol. The standard InChI is InChI=1S/C20H21NO3/c1-3-13-24-20(23)17-5-4-6-18(14-17)21-19(22)12-11-16-9-7-15(2)8-10-16/h4-12,14H,3,13H2,1-2H3,(H,21,22). The zero-order valence-corrected chi connectivity index (χ0v) is 13.9. The van der Waals surface area contributed by atoms with Gasteiger partial charge in [-0.1, -0.05) is 42.8 Å². The number of hydrogen-bond acceptors (Lipinski definition) is 3. The molecule has 0 aliphatic rings. The largest absolute Gasteiger partial charge is 0.462 e. The molecular formula is C20H21NO3. The van der Waals surface area contributed by atoms with Gasteiger partial charge in [-0.2, -0.15) is 0 Å². The molecule has 0 bridgehead atoms. The average molecular weight is 323 g/mol. The van der Waals surface area contributed by atoms with E-state index in [0.717, 1.165) is 12.0 Å². The Morgan fingerprint density at radius 2 is 1.88 bits per heavy atom. The molecule has 24 heavy (non-hydrogen) atoms. The predicted molar refractivity (Wildman–Crippen MR) is 95.9 cm³/mol. The number of hydrogen-bond donors (Lipinski definition) is 1. The van der Waals surface area contributed by atoms with Gasteiger partial charge in [-0.05, 0) is 43.2 Å². The van der Waals surface area contributed by atoms with Crippen molar-refractivity contribution < 1.29 is 14.3 Å². The second kappa shape index (κ2) is 8.67. The summed E-state index contributed by atoms with van der Waals surface area (Å²) in [6.45, 7) is 4.33. The van der Waals surface area contributed by atoms with Crippen LogP contribution in [-0.2, 0) is 9.53 Å². The molecule has 2 rings (SSSR count). The lowest BCUT2D eigenvalue weighted by atomic mass is 10.1. The number of anilines is 1. The second-order valence-electron chi connectivity index (χ2n) is 5.45. The van der Waals surface area contributed by atoms with Gasteiger partial charge in [0.05, 0.1) is 12.2 Å². The van der Waals surface area contributed by atoms with Crippen LogP contribution >= 0.6 is 0 Å². The molecule has 0 aliphatic carbocycles. The smallest absolute Gasteiger partial charge is 0.338 e. The van der Waals surface area contributed by atoms with E-state index in [2.05, 4.69) is 5.32 Å². The van der Waals surface area contributed by atoms with Gasteiger partial charge in [0.15, 0.2) is 0 Å². The fourth-order valence-electron chi connectivity index (χ4n) is 2.04. The van der Waals surface area contributed by atoms with Crippen molar-refractivity contribution in [3.63, 3.8) is 0 Å². The molecule has 0 saturated heterocycles. The molecule has 1 amide bonds. The van der Waals surface area contributed by atoms with Gasteiger partial charge in [-0.15, -0.1) is 0 Å². The summed E-state index contributed by atoms with van der Waals surface area (Å²) in [4.78, 5) is 23.8. The zero-order chi connectivity index (χ0) is 17.4. The number of amides is 1. The van der Waals surface area contributed by atoms with Crippen molar-refractivity contribution in [3.05, 3.63) is 71.3 Å². The van der Waals surface area contributed by atoms with Crippen molar-refractivity contribution in [3.8, 4) is 0 Å². The van der Waals surface area contributed by atoms with Gasteiger partial charge in [-0.3, -0.25) is 4.79 Å². The topological polar surface area (TPSA) is 55.4 Å². The highest BCUT2D eigenvalue weighted by atomic mass is 16.5. The number of ether oxygens (including phenoxy) is 1. The van der Waals surface area contributed by atoms with Crippen LogP contribution in [0.25, 0.3) is 6.08 Å². The molecule has 0 atom stereocenters. The normalized spacial score (nSPS) is 10.6. The maximum absolute atomic E-state index is 12.0. The SMILES string of the molecule is CCCOC(=O)c1cccc(NC(=O)C=Cc2ccc(C)cc2)c1. The van der Waals surface area contributed by atoms with E-state index in [1.165, 1.54) is 11.6 Å². The van der Waals surface area contributed by atoms with E-state index < -0.39 is 0 Å². The highest BCUT2D eigenvalue weighted by Gasteiger charge is 2.08. The lowest BCUT2D eigenvalue weighted by molar-refractivity contribution is -0.111. The Balaban J connectivity index is 1.98. The van der Waals surface area contributed by atoms with Crippen LogP contribution < -0.4 is 5.32 Å². The number of benzene rings is 2. The van der Waals surface area contributed by atoms with Gasteiger partial charge >= 0.3 is 5.97 Å². The van der Waals surface area contributed by atoms with E-state index in [1.807, 2.05) is 38.1 Å². The third-order valence-electron chi connectivity index (χ3n) is 3.31. The minimum Gasteiger partial charge on any atom is -0.462 e. The van der Waals surface area contributed by atoms with Gasteiger partial charge in [0.2, 0.25) is 5.91 Å². The molecule has 0 aliphatic heterocycles. The molecule has 0 fully saturated rings. The molecule has 2 aromatic carbocycles. The Bertz CT molecular complexity index is 733. The van der Waals surface area contributed by atoms with Gasteiger partial charge < -0.3 is 10.1 Å². The van der Waals surface area contributed by atoms with E-state index in [4.69, 9.17) is 4.74 Å². The first-order valence-electron chi connectivity index (χ1n) is 7.91. The maximum Gasteiger partial charge on any atom is 0.338 e. The van der Waals surface area contributed by atoms with Crippen LogP contribution in [0.15, 0.2) is 54.6 Å². The van der Waals surface area contributed by atoms with E-state index in [9.17, 15) is 9.59 Å². The first kappa shape index (κ1) is 17.5. The summed E-state index contributed by atoms with van der Waals surface area (Å²) in [5.41, 5.74) is 3.10. The number of carbonyl (C=O) groups excluding carboxylic acids is 2. The molecule has 2 aromatic rings. The Hall–Kier alpha value is -2.88. The van der Waals surface area contributed by atoms with Crippen LogP contribution in [0.1, 0.15) is 34.8 Å². The molecule has 0 aromatic heterocycles. The fourth-order valence-corrected chi connectivity index (χ4v) is 2.04. The van der Waals surface area contributed by atoms with E-state index in [1.54, 1.807) is 30.3 Å².